The third kappa shape index (κ3) is 1.67. The van der Waals surface area contributed by atoms with Crippen molar-refractivity contribution in [1.29, 1.82) is 0 Å². The molecule has 1 nitrogen and oxygen atoms in total. The van der Waals surface area contributed by atoms with E-state index in [4.69, 9.17) is 4.74 Å². The lowest BCUT2D eigenvalue weighted by Crippen LogP contribution is -1.78. The van der Waals surface area contributed by atoms with Gasteiger partial charge in [-0.05, 0) is 18.1 Å². The number of rotatable bonds is 1. The van der Waals surface area contributed by atoms with Gasteiger partial charge in [0.05, 0.1) is 12.4 Å². The minimum Gasteiger partial charge on any atom is -0.498 e. The molecule has 1 aromatic rings. The summed E-state index contributed by atoms with van der Waals surface area (Å²) in [7, 11) is 0. The van der Waals surface area contributed by atoms with Crippen molar-refractivity contribution in [1.82, 2.24) is 0 Å². The van der Waals surface area contributed by atoms with Gasteiger partial charge in [0.15, 0.2) is 0 Å². The van der Waals surface area contributed by atoms with E-state index in [9.17, 15) is 0 Å². The Labute approximate surface area is 72.7 Å². The van der Waals surface area contributed by atoms with Crippen LogP contribution in [0.25, 0.3) is 6.08 Å². The Morgan fingerprint density at radius 3 is 2.67 bits per heavy atom. The second kappa shape index (κ2) is 3.44. The third-order valence-electron chi connectivity index (χ3n) is 1.98. The lowest BCUT2D eigenvalue weighted by Gasteiger charge is -1.97. The van der Waals surface area contributed by atoms with E-state index in [-0.39, 0.29) is 0 Å². The molecule has 1 heterocycles. The van der Waals surface area contributed by atoms with Crippen LogP contribution >= 0.6 is 0 Å². The molecule has 0 aliphatic carbocycles. The predicted molar refractivity (Wildman–Crippen MR) is 49.6 cm³/mol. The molecule has 2 rings (SSSR count). The molecule has 0 N–H and O–H groups in total. The molecule has 0 saturated carbocycles. The summed E-state index contributed by atoms with van der Waals surface area (Å²) in [5.74, 6) is 1.13. The highest BCUT2D eigenvalue weighted by Crippen LogP contribution is 2.18. The molecular formula is C11H12O. The molecule has 0 atom stereocenters. The fourth-order valence-corrected chi connectivity index (χ4v) is 1.37. The molecule has 0 radical (unpaired) electrons. The molecule has 62 valence electrons. The molecule has 1 aliphatic heterocycles. The fourth-order valence-electron chi connectivity index (χ4n) is 1.37. The first-order chi connectivity index (χ1) is 5.95. The molecule has 1 saturated heterocycles. The SMILES string of the molecule is C(=C1\CCCO1)/c1ccccc1. The molecule has 12 heavy (non-hydrogen) atoms. The van der Waals surface area contributed by atoms with Gasteiger partial charge in [0.2, 0.25) is 0 Å². The maximum atomic E-state index is 5.42. The number of benzene rings is 1. The first-order valence-corrected chi connectivity index (χ1v) is 4.33. The van der Waals surface area contributed by atoms with Crippen molar-refractivity contribution in [2.75, 3.05) is 6.61 Å². The van der Waals surface area contributed by atoms with Crippen molar-refractivity contribution >= 4 is 6.08 Å². The largest absolute Gasteiger partial charge is 0.498 e. The van der Waals surface area contributed by atoms with E-state index in [0.29, 0.717) is 0 Å². The molecule has 1 aromatic carbocycles. The lowest BCUT2D eigenvalue weighted by atomic mass is 10.2. The lowest BCUT2D eigenvalue weighted by molar-refractivity contribution is 0.266. The zero-order valence-corrected chi connectivity index (χ0v) is 6.99. The van der Waals surface area contributed by atoms with Crippen LogP contribution in [0.15, 0.2) is 36.1 Å². The van der Waals surface area contributed by atoms with Crippen LogP contribution in [0.3, 0.4) is 0 Å². The van der Waals surface area contributed by atoms with E-state index in [1.54, 1.807) is 0 Å². The van der Waals surface area contributed by atoms with Crippen molar-refractivity contribution < 1.29 is 4.74 Å². The van der Waals surface area contributed by atoms with E-state index in [1.807, 2.05) is 18.2 Å². The molecule has 0 unspecified atom stereocenters. The Hall–Kier alpha value is -1.24. The minimum absolute atomic E-state index is 0.888. The first-order valence-electron chi connectivity index (χ1n) is 4.33. The van der Waals surface area contributed by atoms with Crippen molar-refractivity contribution in [2.24, 2.45) is 0 Å². The van der Waals surface area contributed by atoms with Gasteiger partial charge in [-0.15, -0.1) is 0 Å². The normalized spacial score (nSPS) is 19.5. The number of ether oxygens (including phenoxy) is 1. The Kier molecular flexibility index (Phi) is 2.12. The monoisotopic (exact) mass is 160 g/mol. The van der Waals surface area contributed by atoms with Gasteiger partial charge in [0, 0.05) is 6.42 Å². The minimum atomic E-state index is 0.888. The summed E-state index contributed by atoms with van der Waals surface area (Å²) in [6.45, 7) is 0.888. The predicted octanol–water partition coefficient (Wildman–Crippen LogP) is 2.84. The number of allylic oxidation sites excluding steroid dienone is 1. The zero-order chi connectivity index (χ0) is 8.23. The molecular weight excluding hydrogens is 148 g/mol. The Morgan fingerprint density at radius 2 is 2.00 bits per heavy atom. The Morgan fingerprint density at radius 1 is 1.17 bits per heavy atom. The molecule has 0 bridgehead atoms. The quantitative estimate of drug-likeness (QED) is 0.613. The maximum absolute atomic E-state index is 5.42. The standard InChI is InChI=1S/C11H12O/c1-2-5-10(6-3-1)9-11-7-4-8-12-11/h1-3,5-6,9H,4,7-8H2/b11-9-. The van der Waals surface area contributed by atoms with Gasteiger partial charge in [-0.1, -0.05) is 30.3 Å². The summed E-state index contributed by atoms with van der Waals surface area (Å²) in [6.07, 6.45) is 4.38. The van der Waals surface area contributed by atoms with Crippen LogP contribution in [0.5, 0.6) is 0 Å². The second-order valence-electron chi connectivity index (χ2n) is 2.97. The summed E-state index contributed by atoms with van der Waals surface area (Å²) in [5.41, 5.74) is 1.23. The fraction of sp³-hybridized carbons (Fsp3) is 0.273. The van der Waals surface area contributed by atoms with Crippen LogP contribution in [0, 0.1) is 0 Å². The van der Waals surface area contributed by atoms with E-state index in [1.165, 1.54) is 12.0 Å². The smallest absolute Gasteiger partial charge is 0.0966 e. The summed E-state index contributed by atoms with van der Waals surface area (Å²) < 4.78 is 5.42. The zero-order valence-electron chi connectivity index (χ0n) is 6.99. The van der Waals surface area contributed by atoms with Crippen LogP contribution in [0.4, 0.5) is 0 Å². The summed E-state index contributed by atoms with van der Waals surface area (Å²) in [6, 6.07) is 10.3. The highest BCUT2D eigenvalue weighted by atomic mass is 16.5. The van der Waals surface area contributed by atoms with Crippen LogP contribution in [0.1, 0.15) is 18.4 Å². The topological polar surface area (TPSA) is 9.23 Å². The summed E-state index contributed by atoms with van der Waals surface area (Å²) in [5, 5.41) is 0. The first kappa shape index (κ1) is 7.41. The Bertz CT molecular complexity index is 266. The third-order valence-corrected chi connectivity index (χ3v) is 1.98. The van der Waals surface area contributed by atoms with Crippen LogP contribution in [-0.2, 0) is 4.74 Å². The van der Waals surface area contributed by atoms with Gasteiger partial charge in [-0.2, -0.15) is 0 Å². The van der Waals surface area contributed by atoms with Gasteiger partial charge in [0.1, 0.15) is 0 Å². The average molecular weight is 160 g/mol. The van der Waals surface area contributed by atoms with Crippen molar-refractivity contribution in [3.05, 3.63) is 41.7 Å². The summed E-state index contributed by atoms with van der Waals surface area (Å²) >= 11 is 0. The van der Waals surface area contributed by atoms with Gasteiger partial charge in [-0.25, -0.2) is 0 Å². The van der Waals surface area contributed by atoms with Gasteiger partial charge < -0.3 is 4.74 Å². The van der Waals surface area contributed by atoms with E-state index >= 15 is 0 Å². The molecule has 0 spiro atoms. The molecule has 1 aliphatic rings. The van der Waals surface area contributed by atoms with Gasteiger partial charge in [-0.3, -0.25) is 0 Å². The van der Waals surface area contributed by atoms with Crippen molar-refractivity contribution in [2.45, 2.75) is 12.8 Å². The van der Waals surface area contributed by atoms with E-state index < -0.39 is 0 Å². The number of hydrogen-bond donors (Lipinski definition) is 0. The Balaban J connectivity index is 2.16. The number of hydrogen-bond acceptors (Lipinski definition) is 1. The van der Waals surface area contributed by atoms with Crippen molar-refractivity contribution in [3.8, 4) is 0 Å². The van der Waals surface area contributed by atoms with Crippen LogP contribution in [0.2, 0.25) is 0 Å². The maximum Gasteiger partial charge on any atom is 0.0966 e. The van der Waals surface area contributed by atoms with E-state index in [2.05, 4.69) is 18.2 Å². The van der Waals surface area contributed by atoms with Gasteiger partial charge >= 0.3 is 0 Å². The summed E-state index contributed by atoms with van der Waals surface area (Å²) in [4.78, 5) is 0. The van der Waals surface area contributed by atoms with E-state index in [0.717, 1.165) is 18.8 Å². The van der Waals surface area contributed by atoms with Crippen LogP contribution in [-0.4, -0.2) is 6.61 Å². The van der Waals surface area contributed by atoms with Crippen LogP contribution < -0.4 is 0 Å². The molecule has 0 amide bonds. The van der Waals surface area contributed by atoms with Crippen molar-refractivity contribution in [3.63, 3.8) is 0 Å². The molecule has 1 heteroatoms. The second-order valence-corrected chi connectivity index (χ2v) is 2.97. The molecule has 1 fully saturated rings. The van der Waals surface area contributed by atoms with Gasteiger partial charge in [0.25, 0.3) is 0 Å². The highest BCUT2D eigenvalue weighted by molar-refractivity contribution is 5.51. The molecule has 0 aromatic heterocycles. The average Bonchev–Trinajstić information content (AvgIpc) is 2.59. The highest BCUT2D eigenvalue weighted by Gasteiger charge is 2.06.